The number of allylic oxidation sites excluding steroid dienone is 3. The van der Waals surface area contributed by atoms with Gasteiger partial charge in [-0.15, -0.1) is 0 Å². The summed E-state index contributed by atoms with van der Waals surface area (Å²) < 4.78 is 25.0. The number of rotatable bonds is 3. The number of hydrogen-bond donors (Lipinski definition) is 1. The molecule has 0 aliphatic carbocycles. The first kappa shape index (κ1) is 15.2. The van der Waals surface area contributed by atoms with Gasteiger partial charge in [0, 0.05) is 36.4 Å². The number of hydrogen-bond acceptors (Lipinski definition) is 2. The molecule has 0 saturated heterocycles. The van der Waals surface area contributed by atoms with Crippen LogP contribution in [0.5, 0.6) is 0 Å². The summed E-state index contributed by atoms with van der Waals surface area (Å²) in [7, 11) is 0. The van der Waals surface area contributed by atoms with Crippen molar-refractivity contribution in [1.29, 1.82) is 0 Å². The van der Waals surface area contributed by atoms with E-state index in [4.69, 9.17) is 9.76 Å². The van der Waals surface area contributed by atoms with Crippen LogP contribution in [0.15, 0.2) is 23.4 Å². The highest BCUT2D eigenvalue weighted by atomic mass is 19.1. The minimum atomic E-state index is -2.95. The molecule has 0 fully saturated rings. The van der Waals surface area contributed by atoms with E-state index in [1.807, 2.05) is 46.8 Å². The van der Waals surface area contributed by atoms with Crippen molar-refractivity contribution >= 4 is 18.2 Å². The van der Waals surface area contributed by atoms with Gasteiger partial charge in [0.15, 0.2) is 5.70 Å². The Balaban J connectivity index is 2.35. The predicted molar refractivity (Wildman–Crippen MR) is 86.5 cm³/mol. The van der Waals surface area contributed by atoms with Gasteiger partial charge >= 0.3 is 6.90 Å². The van der Waals surface area contributed by atoms with E-state index in [1.165, 1.54) is 0 Å². The Morgan fingerprint density at radius 2 is 1.95 bits per heavy atom. The number of nitrogens with zero attached hydrogens (tertiary/aromatic N) is 2. The van der Waals surface area contributed by atoms with Crippen molar-refractivity contribution < 1.29 is 18.6 Å². The minimum Gasteiger partial charge on any atom is -0.478 e. The van der Waals surface area contributed by atoms with Gasteiger partial charge in [-0.05, 0) is 45.0 Å². The summed E-state index contributed by atoms with van der Waals surface area (Å²) >= 11 is 0. The molecule has 1 N–H and O–H groups in total. The van der Waals surface area contributed by atoms with Crippen LogP contribution in [-0.4, -0.2) is 39.9 Å². The van der Waals surface area contributed by atoms with Crippen LogP contribution in [0.25, 0.3) is 5.57 Å². The van der Waals surface area contributed by atoms with Crippen molar-refractivity contribution in [2.45, 2.75) is 34.6 Å². The van der Waals surface area contributed by atoms with E-state index in [0.29, 0.717) is 0 Å². The van der Waals surface area contributed by atoms with Gasteiger partial charge < -0.3 is 23.0 Å². The number of aromatic nitrogens is 1. The molecule has 2 aliphatic heterocycles. The normalized spacial score (nSPS) is 23.9. The fourth-order valence-corrected chi connectivity index (χ4v) is 3.99. The third-order valence-corrected chi connectivity index (χ3v) is 4.61. The maximum atomic E-state index is 16.1. The standard InChI is InChI=1S/C16H22BFN2O2/c1-10-8-12(3)19-15(10)14(5)16-11(2)9-13(4)20(16)17(19,18)22-7-6-21/h8-9,21H,6-7H2,1-5H3. The summed E-state index contributed by atoms with van der Waals surface area (Å²) in [5, 5.41) is 9.10. The molecule has 1 atom stereocenters. The molecule has 0 spiro atoms. The zero-order chi connectivity index (χ0) is 16.2. The molecule has 4 nitrogen and oxygen atoms in total. The van der Waals surface area contributed by atoms with Gasteiger partial charge in [-0.1, -0.05) is 0 Å². The Morgan fingerprint density at radius 1 is 1.27 bits per heavy atom. The van der Waals surface area contributed by atoms with Crippen LogP contribution in [0.3, 0.4) is 0 Å². The van der Waals surface area contributed by atoms with Crippen molar-refractivity contribution in [2.24, 2.45) is 0 Å². The van der Waals surface area contributed by atoms with Crippen LogP contribution in [0.2, 0.25) is 0 Å². The lowest BCUT2D eigenvalue weighted by atomic mass is 9.83. The first-order valence-corrected chi connectivity index (χ1v) is 7.62. The Morgan fingerprint density at radius 3 is 2.59 bits per heavy atom. The SMILES string of the molecule is CC1=CC(C)=[N+]2C1=C(C)c1c(C)cc(C)n1[B-]2(F)OCCO. The fraction of sp³-hybridized carbons (Fsp3) is 0.438. The van der Waals surface area contributed by atoms with Crippen molar-refractivity contribution in [3.8, 4) is 0 Å². The second kappa shape index (κ2) is 4.93. The van der Waals surface area contributed by atoms with Crippen molar-refractivity contribution in [1.82, 2.24) is 4.48 Å². The molecule has 3 rings (SSSR count). The molecule has 1 aromatic heterocycles. The van der Waals surface area contributed by atoms with Crippen molar-refractivity contribution in [3.05, 3.63) is 40.4 Å². The maximum absolute atomic E-state index is 16.1. The van der Waals surface area contributed by atoms with E-state index in [9.17, 15) is 0 Å². The van der Waals surface area contributed by atoms with Crippen LogP contribution >= 0.6 is 0 Å². The Hall–Kier alpha value is -1.66. The largest absolute Gasteiger partial charge is 0.701 e. The van der Waals surface area contributed by atoms with Crippen molar-refractivity contribution in [2.75, 3.05) is 13.2 Å². The summed E-state index contributed by atoms with van der Waals surface area (Å²) in [5.41, 5.74) is 6.54. The monoisotopic (exact) mass is 304 g/mol. The molecule has 3 heterocycles. The molecule has 22 heavy (non-hydrogen) atoms. The van der Waals surface area contributed by atoms with E-state index in [2.05, 4.69) is 0 Å². The van der Waals surface area contributed by atoms with Crippen LogP contribution in [0, 0.1) is 13.8 Å². The number of aliphatic hydroxyl groups excluding tert-OH is 1. The highest BCUT2D eigenvalue weighted by Gasteiger charge is 2.54. The summed E-state index contributed by atoms with van der Waals surface area (Å²) in [6.45, 7) is 6.58. The molecular weight excluding hydrogens is 282 g/mol. The minimum absolute atomic E-state index is 0.0399. The van der Waals surface area contributed by atoms with Crippen LogP contribution < -0.4 is 0 Å². The number of fused-ring (bicyclic) bond motifs is 2. The summed E-state index contributed by atoms with van der Waals surface area (Å²) in [4.78, 5) is 0. The molecule has 0 radical (unpaired) electrons. The first-order valence-electron chi connectivity index (χ1n) is 7.62. The smallest absolute Gasteiger partial charge is 0.478 e. The van der Waals surface area contributed by atoms with E-state index >= 15 is 4.32 Å². The molecule has 0 amide bonds. The lowest BCUT2D eigenvalue weighted by Crippen LogP contribution is -2.57. The van der Waals surface area contributed by atoms with E-state index in [0.717, 1.165) is 39.5 Å². The van der Waals surface area contributed by atoms with Gasteiger partial charge in [-0.25, -0.2) is 0 Å². The number of aliphatic hydroxyl groups is 1. The molecule has 6 heteroatoms. The van der Waals surface area contributed by atoms with E-state index < -0.39 is 6.90 Å². The average molecular weight is 304 g/mol. The number of halogens is 1. The van der Waals surface area contributed by atoms with Gasteiger partial charge in [-0.3, -0.25) is 0 Å². The summed E-state index contributed by atoms with van der Waals surface area (Å²) in [5.74, 6) is 0. The Bertz CT molecular complexity index is 760. The molecule has 118 valence electrons. The van der Waals surface area contributed by atoms with Gasteiger partial charge in [-0.2, -0.15) is 0 Å². The van der Waals surface area contributed by atoms with Crippen LogP contribution in [0.4, 0.5) is 4.32 Å². The zero-order valence-corrected chi connectivity index (χ0v) is 13.8. The molecule has 0 bridgehead atoms. The highest BCUT2D eigenvalue weighted by Crippen LogP contribution is 2.40. The predicted octanol–water partition coefficient (Wildman–Crippen LogP) is 2.54. The third-order valence-electron chi connectivity index (χ3n) is 4.61. The second-order valence-corrected chi connectivity index (χ2v) is 6.20. The van der Waals surface area contributed by atoms with E-state index in [1.54, 1.807) is 8.96 Å². The van der Waals surface area contributed by atoms with E-state index in [-0.39, 0.29) is 13.2 Å². The van der Waals surface area contributed by atoms with Gasteiger partial charge in [0.25, 0.3) is 0 Å². The molecule has 0 aromatic carbocycles. The maximum Gasteiger partial charge on any atom is 0.701 e. The summed E-state index contributed by atoms with van der Waals surface area (Å²) in [6, 6.07) is 1.98. The lowest BCUT2D eigenvalue weighted by Gasteiger charge is -2.38. The van der Waals surface area contributed by atoms with Gasteiger partial charge in [0.2, 0.25) is 0 Å². The average Bonchev–Trinajstić information content (AvgIpc) is 2.91. The van der Waals surface area contributed by atoms with Gasteiger partial charge in [0.1, 0.15) is 5.71 Å². The third kappa shape index (κ3) is 1.80. The molecule has 1 unspecified atom stereocenters. The quantitative estimate of drug-likeness (QED) is 0.871. The van der Waals surface area contributed by atoms with Crippen molar-refractivity contribution in [3.63, 3.8) is 0 Å². The zero-order valence-electron chi connectivity index (χ0n) is 13.8. The summed E-state index contributed by atoms with van der Waals surface area (Å²) in [6.07, 6.45) is 1.98. The highest BCUT2D eigenvalue weighted by molar-refractivity contribution is 6.59. The first-order chi connectivity index (χ1) is 10.3. The fourth-order valence-electron chi connectivity index (χ4n) is 3.99. The van der Waals surface area contributed by atoms with Crippen LogP contribution in [-0.2, 0) is 4.65 Å². The lowest BCUT2D eigenvalue weighted by molar-refractivity contribution is -0.375. The van der Waals surface area contributed by atoms with Crippen LogP contribution in [0.1, 0.15) is 37.7 Å². The molecular formula is C16H22BFN2O2. The molecule has 2 aliphatic rings. The molecule has 1 aromatic rings. The Kier molecular flexibility index (Phi) is 3.42. The number of aryl methyl sites for hydroxylation is 2. The van der Waals surface area contributed by atoms with Gasteiger partial charge in [0.05, 0.1) is 6.61 Å². The Labute approximate surface area is 130 Å². The second-order valence-electron chi connectivity index (χ2n) is 6.20. The topological polar surface area (TPSA) is 37.4 Å². The molecule has 0 saturated carbocycles.